The largest absolute Gasteiger partial charge is 0.382 e. The third-order valence-corrected chi connectivity index (χ3v) is 10.5. The van der Waals surface area contributed by atoms with Crippen LogP contribution in [-0.2, 0) is 0 Å². The number of benzene rings is 1. The van der Waals surface area contributed by atoms with Crippen molar-refractivity contribution in [1.29, 1.82) is 5.26 Å². The molecule has 2 nitrogen and oxygen atoms in total. The standard InChI is InChI=1S/C29H42N2/c1-19-7-13-24-22(17-19)10-14-26-25(24)15-16-29(3)27(5-4-6-28(26)29)20(2)31-23-11-8-21(18-30)9-12-23/h8-9,11-12,19-20,22,24-28,31H,4-7,10,13-17H2,1-3H3/t19-,20+,22?,24-,25?,26+,27+,28?,29+/m0/s1. The van der Waals surface area contributed by atoms with Crippen LogP contribution < -0.4 is 5.32 Å². The highest BCUT2D eigenvalue weighted by atomic mass is 14.9. The Hall–Kier alpha value is -1.49. The summed E-state index contributed by atoms with van der Waals surface area (Å²) in [6.07, 6.45) is 14.8. The lowest BCUT2D eigenvalue weighted by Gasteiger charge is -2.61. The maximum absolute atomic E-state index is 9.09. The van der Waals surface area contributed by atoms with Crippen molar-refractivity contribution in [3.63, 3.8) is 0 Å². The zero-order chi connectivity index (χ0) is 21.6. The van der Waals surface area contributed by atoms with E-state index in [4.69, 9.17) is 5.26 Å². The molecule has 1 N–H and O–H groups in total. The van der Waals surface area contributed by atoms with Gasteiger partial charge in [0.15, 0.2) is 0 Å². The average Bonchev–Trinajstić information content (AvgIpc) is 2.78. The van der Waals surface area contributed by atoms with Crippen LogP contribution in [0.1, 0.15) is 90.5 Å². The van der Waals surface area contributed by atoms with E-state index in [1.165, 1.54) is 69.9 Å². The first-order valence-corrected chi connectivity index (χ1v) is 13.3. The zero-order valence-corrected chi connectivity index (χ0v) is 19.9. The van der Waals surface area contributed by atoms with Crippen LogP contribution in [0, 0.1) is 58.2 Å². The van der Waals surface area contributed by atoms with E-state index in [0.29, 0.717) is 11.5 Å². The Kier molecular flexibility index (Phi) is 5.83. The van der Waals surface area contributed by atoms with Crippen LogP contribution in [0.4, 0.5) is 5.69 Å². The topological polar surface area (TPSA) is 35.8 Å². The molecule has 9 atom stereocenters. The van der Waals surface area contributed by atoms with Crippen LogP contribution in [0.15, 0.2) is 24.3 Å². The van der Waals surface area contributed by atoms with Gasteiger partial charge < -0.3 is 5.32 Å². The highest BCUT2D eigenvalue weighted by Gasteiger charge is 2.56. The predicted octanol–water partition coefficient (Wildman–Crippen LogP) is 7.65. The molecule has 4 aliphatic carbocycles. The molecule has 4 saturated carbocycles. The Bertz CT molecular complexity index is 807. The number of hydrogen-bond donors (Lipinski definition) is 1. The van der Waals surface area contributed by atoms with E-state index in [0.717, 1.165) is 47.0 Å². The maximum Gasteiger partial charge on any atom is 0.0991 e. The van der Waals surface area contributed by atoms with Gasteiger partial charge in [-0.1, -0.05) is 26.7 Å². The molecular formula is C29H42N2. The molecule has 31 heavy (non-hydrogen) atoms. The van der Waals surface area contributed by atoms with Crippen molar-refractivity contribution in [2.75, 3.05) is 5.32 Å². The molecule has 0 heterocycles. The van der Waals surface area contributed by atoms with Crippen LogP contribution in [0.25, 0.3) is 0 Å². The summed E-state index contributed by atoms with van der Waals surface area (Å²) >= 11 is 0. The van der Waals surface area contributed by atoms with Gasteiger partial charge >= 0.3 is 0 Å². The molecule has 0 aromatic heterocycles. The van der Waals surface area contributed by atoms with Crippen LogP contribution in [0.2, 0.25) is 0 Å². The summed E-state index contributed by atoms with van der Waals surface area (Å²) in [4.78, 5) is 0. The molecule has 4 aliphatic rings. The molecule has 168 valence electrons. The van der Waals surface area contributed by atoms with Crippen molar-refractivity contribution in [2.24, 2.45) is 46.8 Å². The molecule has 0 bridgehead atoms. The van der Waals surface area contributed by atoms with Gasteiger partial charge in [0, 0.05) is 11.7 Å². The van der Waals surface area contributed by atoms with Gasteiger partial charge in [-0.25, -0.2) is 0 Å². The summed E-state index contributed by atoms with van der Waals surface area (Å²) in [6, 6.07) is 10.8. The number of fused-ring (bicyclic) bond motifs is 5. The lowest BCUT2D eigenvalue weighted by Crippen LogP contribution is -2.55. The van der Waals surface area contributed by atoms with Crippen molar-refractivity contribution in [2.45, 2.75) is 91.0 Å². The third-order valence-electron chi connectivity index (χ3n) is 10.5. The van der Waals surface area contributed by atoms with Crippen molar-refractivity contribution < 1.29 is 0 Å². The minimum atomic E-state index is 0.490. The van der Waals surface area contributed by atoms with Gasteiger partial charge in [-0.15, -0.1) is 0 Å². The van der Waals surface area contributed by atoms with Crippen LogP contribution in [0.5, 0.6) is 0 Å². The Balaban J connectivity index is 1.32. The molecule has 4 fully saturated rings. The molecule has 0 amide bonds. The number of nitrogens with zero attached hydrogens (tertiary/aromatic N) is 1. The van der Waals surface area contributed by atoms with Crippen molar-refractivity contribution >= 4 is 5.69 Å². The van der Waals surface area contributed by atoms with Crippen LogP contribution in [0.3, 0.4) is 0 Å². The van der Waals surface area contributed by atoms with E-state index in [-0.39, 0.29) is 0 Å². The normalized spacial score (nSPS) is 43.0. The molecule has 2 heteroatoms. The van der Waals surface area contributed by atoms with Crippen LogP contribution >= 0.6 is 0 Å². The molecule has 1 aromatic rings. The molecule has 1 aromatic carbocycles. The second-order valence-electron chi connectivity index (χ2n) is 12.1. The van der Waals surface area contributed by atoms with Crippen molar-refractivity contribution in [1.82, 2.24) is 0 Å². The number of rotatable bonds is 3. The molecule has 3 unspecified atom stereocenters. The SMILES string of the molecule is C[C@H]1CC[C@H]2C(CC[C@@H]3C2CC[C@@]2(C)C3CCC[C@@H]2[C@@H](C)Nc2ccc(C#N)cc2)C1. The predicted molar refractivity (Wildman–Crippen MR) is 129 cm³/mol. The van der Waals surface area contributed by atoms with Crippen molar-refractivity contribution in [3.8, 4) is 6.07 Å². The monoisotopic (exact) mass is 418 g/mol. The summed E-state index contributed by atoms with van der Waals surface area (Å²) < 4.78 is 0. The first-order chi connectivity index (χ1) is 15.0. The smallest absolute Gasteiger partial charge is 0.0991 e. The third kappa shape index (κ3) is 3.81. The highest BCUT2D eigenvalue weighted by molar-refractivity contribution is 5.48. The molecule has 0 spiro atoms. The Morgan fingerprint density at radius 1 is 0.968 bits per heavy atom. The van der Waals surface area contributed by atoms with E-state index >= 15 is 0 Å². The molecule has 5 rings (SSSR count). The first-order valence-electron chi connectivity index (χ1n) is 13.3. The Morgan fingerprint density at radius 3 is 2.52 bits per heavy atom. The molecule has 0 saturated heterocycles. The zero-order valence-electron chi connectivity index (χ0n) is 19.9. The van der Waals surface area contributed by atoms with E-state index in [9.17, 15) is 0 Å². The highest BCUT2D eigenvalue weighted by Crippen LogP contribution is 2.63. The maximum atomic E-state index is 9.09. The fraction of sp³-hybridized carbons (Fsp3) is 0.759. The summed E-state index contributed by atoms with van der Waals surface area (Å²) in [7, 11) is 0. The summed E-state index contributed by atoms with van der Waals surface area (Å²) in [6.45, 7) is 7.58. The lowest BCUT2D eigenvalue weighted by atomic mass is 9.44. The fourth-order valence-corrected chi connectivity index (χ4v) is 9.15. The first kappa shape index (κ1) is 21.4. The Morgan fingerprint density at radius 2 is 1.74 bits per heavy atom. The summed E-state index contributed by atoms with van der Waals surface area (Å²) in [5.41, 5.74) is 2.41. The van der Waals surface area contributed by atoms with E-state index in [1.807, 2.05) is 12.1 Å². The van der Waals surface area contributed by atoms with Gasteiger partial charge in [-0.3, -0.25) is 0 Å². The van der Waals surface area contributed by atoms with Gasteiger partial charge in [0.05, 0.1) is 11.6 Å². The number of hydrogen-bond acceptors (Lipinski definition) is 2. The minimum Gasteiger partial charge on any atom is -0.382 e. The minimum absolute atomic E-state index is 0.490. The quantitative estimate of drug-likeness (QED) is 0.547. The summed E-state index contributed by atoms with van der Waals surface area (Å²) in [5.74, 6) is 6.80. The number of nitriles is 1. The van der Waals surface area contributed by atoms with E-state index in [1.54, 1.807) is 0 Å². The van der Waals surface area contributed by atoms with Gasteiger partial charge in [-0.05, 0) is 129 Å². The van der Waals surface area contributed by atoms with Gasteiger partial charge in [0.2, 0.25) is 0 Å². The van der Waals surface area contributed by atoms with E-state index < -0.39 is 0 Å². The number of nitrogens with one attached hydrogen (secondary N) is 1. The Labute approximate surface area is 190 Å². The van der Waals surface area contributed by atoms with Crippen LogP contribution in [-0.4, -0.2) is 6.04 Å². The number of anilines is 1. The molecular weight excluding hydrogens is 376 g/mol. The second-order valence-corrected chi connectivity index (χ2v) is 12.1. The van der Waals surface area contributed by atoms with Gasteiger partial charge in [0.25, 0.3) is 0 Å². The van der Waals surface area contributed by atoms with Gasteiger partial charge in [-0.2, -0.15) is 5.26 Å². The van der Waals surface area contributed by atoms with E-state index in [2.05, 4.69) is 44.3 Å². The fourth-order valence-electron chi connectivity index (χ4n) is 9.15. The average molecular weight is 419 g/mol. The molecule has 0 radical (unpaired) electrons. The lowest BCUT2D eigenvalue weighted by molar-refractivity contribution is -0.112. The van der Waals surface area contributed by atoms with Crippen molar-refractivity contribution in [3.05, 3.63) is 29.8 Å². The van der Waals surface area contributed by atoms with Gasteiger partial charge in [0.1, 0.15) is 0 Å². The molecule has 0 aliphatic heterocycles. The second kappa shape index (κ2) is 8.46. The summed E-state index contributed by atoms with van der Waals surface area (Å²) in [5, 5.41) is 12.9.